The van der Waals surface area contributed by atoms with Gasteiger partial charge in [0.05, 0.1) is 10.4 Å². The third kappa shape index (κ3) is 3.14. The highest BCUT2D eigenvalue weighted by Crippen LogP contribution is 2.45. The maximum Gasteiger partial charge on any atom is 0.233 e. The third-order valence-corrected chi connectivity index (χ3v) is 5.26. The predicted octanol–water partition coefficient (Wildman–Crippen LogP) is 1.68. The minimum Gasteiger partial charge on any atom is -0.392 e. The highest BCUT2D eigenvalue weighted by Gasteiger charge is 2.50. The molecule has 114 valence electrons. The van der Waals surface area contributed by atoms with E-state index < -0.39 is 5.41 Å². The number of hydrogen-bond donors (Lipinski definition) is 2. The highest BCUT2D eigenvalue weighted by atomic mass is 32.1. The van der Waals surface area contributed by atoms with Crippen molar-refractivity contribution in [2.75, 3.05) is 19.6 Å². The van der Waals surface area contributed by atoms with Crippen LogP contribution < -0.4 is 11.1 Å². The van der Waals surface area contributed by atoms with Crippen molar-refractivity contribution in [2.45, 2.75) is 52.0 Å². The number of hydrogen-bond acceptors (Lipinski definition) is 3. The summed E-state index contributed by atoms with van der Waals surface area (Å²) in [4.78, 5) is 15.2. The average molecular weight is 297 g/mol. The molecule has 0 aromatic heterocycles. The van der Waals surface area contributed by atoms with E-state index in [1.807, 2.05) is 0 Å². The second-order valence-corrected chi connectivity index (χ2v) is 7.06. The maximum absolute atomic E-state index is 12.4. The molecule has 0 aromatic rings. The standard InChI is InChI=1S/C15H27N3OS/c1-11-8-15(9-11,13(16)20)14(19)17-10-12(2)18-6-4-3-5-7-18/h11-12H,3-10H2,1-2H3,(H2,16,20)(H,17,19). The van der Waals surface area contributed by atoms with Gasteiger partial charge in [0, 0.05) is 12.6 Å². The fraction of sp³-hybridized carbons (Fsp3) is 0.867. The van der Waals surface area contributed by atoms with E-state index in [4.69, 9.17) is 18.0 Å². The van der Waals surface area contributed by atoms with Crippen molar-refractivity contribution in [1.29, 1.82) is 0 Å². The fourth-order valence-electron chi connectivity index (χ4n) is 3.53. The monoisotopic (exact) mass is 297 g/mol. The van der Waals surface area contributed by atoms with Gasteiger partial charge >= 0.3 is 0 Å². The maximum atomic E-state index is 12.4. The summed E-state index contributed by atoms with van der Waals surface area (Å²) in [5, 5.41) is 3.08. The zero-order valence-electron chi connectivity index (χ0n) is 12.7. The minimum absolute atomic E-state index is 0.0342. The number of rotatable bonds is 5. The van der Waals surface area contributed by atoms with E-state index in [9.17, 15) is 4.79 Å². The lowest BCUT2D eigenvalue weighted by atomic mass is 9.62. The van der Waals surface area contributed by atoms with Gasteiger partial charge in [-0.2, -0.15) is 0 Å². The van der Waals surface area contributed by atoms with Crippen LogP contribution in [0.4, 0.5) is 0 Å². The zero-order valence-corrected chi connectivity index (χ0v) is 13.5. The zero-order chi connectivity index (χ0) is 14.8. The van der Waals surface area contributed by atoms with Crippen LogP contribution in [-0.4, -0.2) is 41.5 Å². The Morgan fingerprint density at radius 3 is 2.50 bits per heavy atom. The van der Waals surface area contributed by atoms with Crippen molar-refractivity contribution in [3.63, 3.8) is 0 Å². The molecule has 1 atom stereocenters. The molecule has 0 spiro atoms. The molecule has 0 radical (unpaired) electrons. The van der Waals surface area contributed by atoms with E-state index in [-0.39, 0.29) is 5.91 Å². The van der Waals surface area contributed by atoms with E-state index in [0.717, 1.165) is 25.9 Å². The summed E-state index contributed by atoms with van der Waals surface area (Å²) in [6, 6.07) is 0.389. The van der Waals surface area contributed by atoms with Gasteiger partial charge in [-0.1, -0.05) is 25.6 Å². The molecule has 1 aliphatic carbocycles. The van der Waals surface area contributed by atoms with Crippen LogP contribution in [0.5, 0.6) is 0 Å². The smallest absolute Gasteiger partial charge is 0.233 e. The number of nitrogens with one attached hydrogen (secondary N) is 1. The van der Waals surface area contributed by atoms with Gasteiger partial charge < -0.3 is 11.1 Å². The van der Waals surface area contributed by atoms with Gasteiger partial charge in [-0.15, -0.1) is 0 Å². The molecule has 4 nitrogen and oxygen atoms in total. The summed E-state index contributed by atoms with van der Waals surface area (Å²) in [5.41, 5.74) is 5.23. The van der Waals surface area contributed by atoms with E-state index >= 15 is 0 Å². The van der Waals surface area contributed by atoms with E-state index in [1.54, 1.807) is 0 Å². The Morgan fingerprint density at radius 2 is 2.00 bits per heavy atom. The lowest BCUT2D eigenvalue weighted by Crippen LogP contribution is -2.57. The Labute approximate surface area is 127 Å². The van der Waals surface area contributed by atoms with Crippen molar-refractivity contribution in [3.05, 3.63) is 0 Å². The summed E-state index contributed by atoms with van der Waals surface area (Å²) in [6.07, 6.45) is 5.47. The third-order valence-electron chi connectivity index (χ3n) is 4.87. The number of carbonyl (C=O) groups excluding carboxylic acids is 1. The number of likely N-dealkylation sites (tertiary alicyclic amines) is 1. The molecule has 1 heterocycles. The van der Waals surface area contributed by atoms with Gasteiger partial charge in [0.2, 0.25) is 5.91 Å². The number of piperidine rings is 1. The summed E-state index contributed by atoms with van der Waals surface area (Å²) >= 11 is 5.12. The average Bonchev–Trinajstić information content (AvgIpc) is 2.41. The highest BCUT2D eigenvalue weighted by molar-refractivity contribution is 7.80. The van der Waals surface area contributed by atoms with Crippen LogP contribution in [0.25, 0.3) is 0 Å². The molecule has 20 heavy (non-hydrogen) atoms. The number of nitrogens with zero attached hydrogens (tertiary/aromatic N) is 1. The van der Waals surface area contributed by atoms with Gasteiger partial charge in [-0.05, 0) is 51.6 Å². The summed E-state index contributed by atoms with van der Waals surface area (Å²) in [7, 11) is 0. The van der Waals surface area contributed by atoms with Crippen LogP contribution in [0.3, 0.4) is 0 Å². The van der Waals surface area contributed by atoms with Crippen molar-refractivity contribution < 1.29 is 4.79 Å². The molecular formula is C15H27N3OS. The number of carbonyl (C=O) groups is 1. The first kappa shape index (κ1) is 15.7. The van der Waals surface area contributed by atoms with Crippen molar-refractivity contribution in [1.82, 2.24) is 10.2 Å². The van der Waals surface area contributed by atoms with Crippen LogP contribution in [0.2, 0.25) is 0 Å². The molecule has 5 heteroatoms. The first-order valence-corrected chi connectivity index (χ1v) is 8.19. The molecule has 2 aliphatic rings. The van der Waals surface area contributed by atoms with Gasteiger partial charge in [0.15, 0.2) is 0 Å². The van der Waals surface area contributed by atoms with Gasteiger partial charge in [-0.3, -0.25) is 9.69 Å². The molecule has 1 aliphatic heterocycles. The Kier molecular flexibility index (Phi) is 5.02. The Morgan fingerprint density at radius 1 is 1.40 bits per heavy atom. The molecule has 2 rings (SSSR count). The summed E-state index contributed by atoms with van der Waals surface area (Å²) in [6.45, 7) is 7.31. The topological polar surface area (TPSA) is 58.4 Å². The number of nitrogens with two attached hydrogens (primary N) is 1. The second kappa shape index (κ2) is 6.39. The SMILES string of the molecule is CC1CC(C(=O)NCC(C)N2CCCCC2)(C(N)=S)C1. The van der Waals surface area contributed by atoms with Crippen molar-refractivity contribution >= 4 is 23.1 Å². The quantitative estimate of drug-likeness (QED) is 0.758. The number of thiocarbonyl (C=S) groups is 1. The molecule has 3 N–H and O–H groups in total. The Bertz CT molecular complexity index is 373. The molecule has 1 amide bonds. The van der Waals surface area contributed by atoms with Crippen LogP contribution in [0.15, 0.2) is 0 Å². The van der Waals surface area contributed by atoms with Crippen LogP contribution in [-0.2, 0) is 4.79 Å². The lowest BCUT2D eigenvalue weighted by Gasteiger charge is -2.44. The second-order valence-electron chi connectivity index (χ2n) is 6.62. The molecule has 1 saturated heterocycles. The van der Waals surface area contributed by atoms with Crippen LogP contribution >= 0.6 is 12.2 Å². The predicted molar refractivity (Wildman–Crippen MR) is 85.5 cm³/mol. The minimum atomic E-state index is -0.573. The molecule has 0 bridgehead atoms. The first-order valence-electron chi connectivity index (χ1n) is 7.78. The molecule has 1 unspecified atom stereocenters. The molecular weight excluding hydrogens is 270 g/mol. The van der Waals surface area contributed by atoms with E-state index in [2.05, 4.69) is 24.1 Å². The molecule has 2 fully saturated rings. The van der Waals surface area contributed by atoms with Crippen molar-refractivity contribution in [2.24, 2.45) is 17.1 Å². The lowest BCUT2D eigenvalue weighted by molar-refractivity contribution is -0.133. The van der Waals surface area contributed by atoms with Gasteiger partial charge in [0.25, 0.3) is 0 Å². The normalized spacial score (nSPS) is 32.2. The fourth-order valence-corrected chi connectivity index (χ4v) is 3.79. The summed E-state index contributed by atoms with van der Waals surface area (Å²) < 4.78 is 0. The van der Waals surface area contributed by atoms with E-state index in [1.165, 1.54) is 19.3 Å². The van der Waals surface area contributed by atoms with Crippen molar-refractivity contribution in [3.8, 4) is 0 Å². The van der Waals surface area contributed by atoms with Crippen LogP contribution in [0, 0.1) is 11.3 Å². The summed E-state index contributed by atoms with van der Waals surface area (Å²) in [5.74, 6) is 0.578. The van der Waals surface area contributed by atoms with Gasteiger partial charge in [0.1, 0.15) is 0 Å². The number of amides is 1. The first-order chi connectivity index (χ1) is 9.45. The van der Waals surface area contributed by atoms with E-state index in [0.29, 0.717) is 23.5 Å². The van der Waals surface area contributed by atoms with Gasteiger partial charge in [-0.25, -0.2) is 0 Å². The molecule has 0 aromatic carbocycles. The Balaban J connectivity index is 1.83. The largest absolute Gasteiger partial charge is 0.392 e. The Hall–Kier alpha value is -0.680. The van der Waals surface area contributed by atoms with Crippen LogP contribution in [0.1, 0.15) is 46.0 Å². The molecule has 1 saturated carbocycles.